The van der Waals surface area contributed by atoms with Gasteiger partial charge in [0, 0.05) is 24.8 Å². The van der Waals surface area contributed by atoms with Crippen LogP contribution in [0.25, 0.3) is 0 Å². The van der Waals surface area contributed by atoms with Crippen LogP contribution in [0.15, 0.2) is 17.2 Å². The molecular weight excluding hydrogens is 294 g/mol. The summed E-state index contributed by atoms with van der Waals surface area (Å²) < 4.78 is 28.6. The zero-order valence-electron chi connectivity index (χ0n) is 12.4. The summed E-state index contributed by atoms with van der Waals surface area (Å²) >= 11 is 0. The number of likely N-dealkylation sites (N-methyl/N-ethyl adjacent to an activating group) is 1. The summed E-state index contributed by atoms with van der Waals surface area (Å²) in [7, 11) is 0.0416. The Kier molecular flexibility index (Phi) is 4.40. The number of nitrogens with zero attached hydrogens (tertiary/aromatic N) is 2. The number of hydrogen-bond acceptors (Lipinski definition) is 4. The van der Waals surface area contributed by atoms with Crippen molar-refractivity contribution < 1.29 is 18.3 Å². The lowest BCUT2D eigenvalue weighted by atomic mass is 10.3. The van der Waals surface area contributed by atoms with Crippen LogP contribution in [0.3, 0.4) is 0 Å². The van der Waals surface area contributed by atoms with Gasteiger partial charge in [-0.2, -0.15) is 0 Å². The van der Waals surface area contributed by atoms with E-state index in [1.807, 2.05) is 25.9 Å². The summed E-state index contributed by atoms with van der Waals surface area (Å²) in [4.78, 5) is 13.1. The fourth-order valence-corrected chi connectivity index (χ4v) is 3.07. The first-order chi connectivity index (χ1) is 9.72. The number of aromatic carboxylic acids is 1. The smallest absolute Gasteiger partial charge is 0.352 e. The van der Waals surface area contributed by atoms with Crippen molar-refractivity contribution in [1.29, 1.82) is 0 Å². The molecule has 118 valence electrons. The summed E-state index contributed by atoms with van der Waals surface area (Å²) in [6.07, 6.45) is 3.20. The highest BCUT2D eigenvalue weighted by atomic mass is 32.2. The number of nitrogens with one attached hydrogen (secondary N) is 1. The second-order valence-electron chi connectivity index (χ2n) is 5.67. The van der Waals surface area contributed by atoms with E-state index in [1.54, 1.807) is 4.57 Å². The average Bonchev–Trinajstić information content (AvgIpc) is 3.13. The van der Waals surface area contributed by atoms with Crippen LogP contribution < -0.4 is 4.72 Å². The fraction of sp³-hybridized carbons (Fsp3) is 0.615. The summed E-state index contributed by atoms with van der Waals surface area (Å²) in [6.45, 7) is 2.17. The predicted octanol–water partition coefficient (Wildman–Crippen LogP) is 0.750. The SMILES string of the molecule is CC(CNS(=O)(=O)c1cc(C(=O)O)n(C2CC2)c1)N(C)C. The second-order valence-corrected chi connectivity index (χ2v) is 7.44. The molecule has 0 saturated heterocycles. The number of carboxylic acid groups (broad SMARTS) is 1. The van der Waals surface area contributed by atoms with Gasteiger partial charge < -0.3 is 14.6 Å². The van der Waals surface area contributed by atoms with Crippen LogP contribution in [-0.2, 0) is 10.0 Å². The van der Waals surface area contributed by atoms with Crippen LogP contribution in [0.4, 0.5) is 0 Å². The van der Waals surface area contributed by atoms with E-state index < -0.39 is 16.0 Å². The zero-order valence-corrected chi connectivity index (χ0v) is 13.2. The Morgan fingerprint density at radius 3 is 2.62 bits per heavy atom. The van der Waals surface area contributed by atoms with Crippen LogP contribution in [0, 0.1) is 0 Å². The maximum atomic E-state index is 12.3. The lowest BCUT2D eigenvalue weighted by molar-refractivity contribution is 0.0685. The Morgan fingerprint density at radius 2 is 2.14 bits per heavy atom. The molecule has 0 amide bonds. The summed E-state index contributed by atoms with van der Waals surface area (Å²) in [5, 5.41) is 9.17. The Bertz CT molecular complexity index is 632. The van der Waals surface area contributed by atoms with Crippen LogP contribution >= 0.6 is 0 Å². The van der Waals surface area contributed by atoms with Crippen molar-refractivity contribution in [1.82, 2.24) is 14.2 Å². The molecular formula is C13H21N3O4S. The molecule has 1 heterocycles. The number of aromatic nitrogens is 1. The maximum absolute atomic E-state index is 12.3. The van der Waals surface area contributed by atoms with Crippen LogP contribution in [0.5, 0.6) is 0 Å². The lowest BCUT2D eigenvalue weighted by Gasteiger charge is -2.19. The third kappa shape index (κ3) is 3.63. The van der Waals surface area contributed by atoms with Crippen molar-refractivity contribution in [3.05, 3.63) is 18.0 Å². The van der Waals surface area contributed by atoms with E-state index in [4.69, 9.17) is 5.11 Å². The van der Waals surface area contributed by atoms with Crippen molar-refractivity contribution in [3.63, 3.8) is 0 Å². The van der Waals surface area contributed by atoms with E-state index in [0.29, 0.717) is 0 Å². The Morgan fingerprint density at radius 1 is 1.52 bits per heavy atom. The highest BCUT2D eigenvalue weighted by Crippen LogP contribution is 2.37. The molecule has 1 atom stereocenters. The molecule has 1 fully saturated rings. The van der Waals surface area contributed by atoms with E-state index in [2.05, 4.69) is 4.72 Å². The predicted molar refractivity (Wildman–Crippen MR) is 78.0 cm³/mol. The molecule has 0 aromatic carbocycles. The minimum absolute atomic E-state index is 0.0118. The average molecular weight is 315 g/mol. The summed E-state index contributed by atoms with van der Waals surface area (Å²) in [5.74, 6) is -1.11. The fourth-order valence-electron chi connectivity index (χ4n) is 1.92. The minimum atomic E-state index is -3.69. The third-order valence-electron chi connectivity index (χ3n) is 3.74. The standard InChI is InChI=1S/C13H21N3O4S/c1-9(15(2)3)7-14-21(19,20)11-6-12(13(17)18)16(8-11)10-4-5-10/h6,8-10,14H,4-5,7H2,1-3H3,(H,17,18). The first-order valence-corrected chi connectivity index (χ1v) is 8.32. The third-order valence-corrected chi connectivity index (χ3v) is 5.13. The van der Waals surface area contributed by atoms with E-state index in [0.717, 1.165) is 12.8 Å². The monoisotopic (exact) mass is 315 g/mol. The second kappa shape index (κ2) is 5.78. The normalized spacial score (nSPS) is 17.1. The lowest BCUT2D eigenvalue weighted by Crippen LogP contribution is -2.38. The van der Waals surface area contributed by atoms with Crippen molar-refractivity contribution in [2.45, 2.75) is 36.7 Å². The largest absolute Gasteiger partial charge is 0.477 e. The molecule has 2 rings (SSSR count). The molecule has 2 N–H and O–H groups in total. The first-order valence-electron chi connectivity index (χ1n) is 6.83. The number of hydrogen-bond donors (Lipinski definition) is 2. The molecule has 1 aromatic rings. The Labute approximate surface area is 124 Å². The summed E-state index contributed by atoms with van der Waals surface area (Å²) in [5.41, 5.74) is 0.0264. The molecule has 7 nitrogen and oxygen atoms in total. The van der Waals surface area contributed by atoms with Crippen molar-refractivity contribution >= 4 is 16.0 Å². The topological polar surface area (TPSA) is 91.6 Å². The van der Waals surface area contributed by atoms with Crippen LogP contribution in [-0.4, -0.2) is 55.6 Å². The number of sulfonamides is 1. The van der Waals surface area contributed by atoms with Gasteiger partial charge in [0.15, 0.2) is 0 Å². The molecule has 8 heteroatoms. The van der Waals surface area contributed by atoms with E-state index in [1.165, 1.54) is 12.3 Å². The quantitative estimate of drug-likeness (QED) is 0.775. The molecule has 0 aliphatic heterocycles. The molecule has 1 saturated carbocycles. The Balaban J connectivity index is 2.20. The van der Waals surface area contributed by atoms with Gasteiger partial charge in [-0.25, -0.2) is 17.9 Å². The van der Waals surface area contributed by atoms with Gasteiger partial charge in [0.1, 0.15) is 10.6 Å². The molecule has 1 aliphatic rings. The van der Waals surface area contributed by atoms with E-state index >= 15 is 0 Å². The van der Waals surface area contributed by atoms with Crippen LogP contribution in [0.1, 0.15) is 36.3 Å². The number of carboxylic acids is 1. The van der Waals surface area contributed by atoms with Gasteiger partial charge in [0.25, 0.3) is 0 Å². The highest BCUT2D eigenvalue weighted by molar-refractivity contribution is 7.89. The molecule has 1 aromatic heterocycles. The number of rotatable bonds is 7. The molecule has 1 aliphatic carbocycles. The van der Waals surface area contributed by atoms with Gasteiger partial charge in [-0.05, 0) is 39.9 Å². The number of carbonyl (C=O) groups is 1. The molecule has 0 bridgehead atoms. The van der Waals surface area contributed by atoms with Gasteiger partial charge >= 0.3 is 5.97 Å². The molecule has 0 radical (unpaired) electrons. The van der Waals surface area contributed by atoms with Gasteiger partial charge in [0.2, 0.25) is 10.0 Å². The van der Waals surface area contributed by atoms with E-state index in [9.17, 15) is 13.2 Å². The van der Waals surface area contributed by atoms with E-state index in [-0.39, 0.29) is 29.2 Å². The minimum Gasteiger partial charge on any atom is -0.477 e. The zero-order chi connectivity index (χ0) is 15.8. The van der Waals surface area contributed by atoms with Crippen molar-refractivity contribution in [3.8, 4) is 0 Å². The molecule has 0 spiro atoms. The Hall–Kier alpha value is -1.38. The maximum Gasteiger partial charge on any atom is 0.352 e. The highest BCUT2D eigenvalue weighted by Gasteiger charge is 2.30. The van der Waals surface area contributed by atoms with Gasteiger partial charge in [0.05, 0.1) is 0 Å². The van der Waals surface area contributed by atoms with Gasteiger partial charge in [-0.15, -0.1) is 0 Å². The molecule has 21 heavy (non-hydrogen) atoms. The molecule has 1 unspecified atom stereocenters. The van der Waals surface area contributed by atoms with Gasteiger partial charge in [-0.1, -0.05) is 0 Å². The summed E-state index contributed by atoms with van der Waals surface area (Å²) in [6, 6.07) is 1.38. The van der Waals surface area contributed by atoms with Crippen molar-refractivity contribution in [2.75, 3.05) is 20.6 Å². The van der Waals surface area contributed by atoms with Gasteiger partial charge in [-0.3, -0.25) is 0 Å². The van der Waals surface area contributed by atoms with Crippen molar-refractivity contribution in [2.24, 2.45) is 0 Å². The first kappa shape index (κ1) is 16.0. The van der Waals surface area contributed by atoms with Crippen LogP contribution in [0.2, 0.25) is 0 Å².